The van der Waals surface area contributed by atoms with E-state index in [1.165, 1.54) is 12.1 Å². The molecule has 1 rings (SSSR count). The number of Topliss-reactive ketones (excluding diaryl/α,β-unsaturated/α-hetero) is 1. The molecule has 0 fully saturated rings. The minimum Gasteiger partial charge on any atom is -0.465 e. The van der Waals surface area contributed by atoms with Gasteiger partial charge in [-0.2, -0.15) is 0 Å². The highest BCUT2D eigenvalue weighted by Crippen LogP contribution is 2.05. The number of hydrogen-bond donors (Lipinski definition) is 0. The molecular weight excluding hydrogens is 235 g/mol. The number of benzene rings is 1. The van der Waals surface area contributed by atoms with Gasteiger partial charge in [0.05, 0.1) is 6.61 Å². The summed E-state index contributed by atoms with van der Waals surface area (Å²) in [6.45, 7) is 3.69. The molecular formula is C14H17FO3. The van der Waals surface area contributed by atoms with E-state index in [-0.39, 0.29) is 30.5 Å². The highest BCUT2D eigenvalue weighted by Gasteiger charge is 2.13. The summed E-state index contributed by atoms with van der Waals surface area (Å²) in [7, 11) is 0. The van der Waals surface area contributed by atoms with Gasteiger partial charge in [-0.05, 0) is 17.7 Å². The van der Waals surface area contributed by atoms with E-state index in [2.05, 4.69) is 0 Å². The van der Waals surface area contributed by atoms with Gasteiger partial charge in [-0.25, -0.2) is 4.39 Å². The molecule has 0 bridgehead atoms. The van der Waals surface area contributed by atoms with Crippen molar-refractivity contribution < 1.29 is 18.7 Å². The molecule has 4 heteroatoms. The van der Waals surface area contributed by atoms with Crippen molar-refractivity contribution in [1.29, 1.82) is 0 Å². The van der Waals surface area contributed by atoms with Gasteiger partial charge in [-0.1, -0.05) is 26.0 Å². The van der Waals surface area contributed by atoms with Crippen LogP contribution in [-0.4, -0.2) is 18.4 Å². The van der Waals surface area contributed by atoms with Crippen LogP contribution in [0.1, 0.15) is 25.8 Å². The Labute approximate surface area is 106 Å². The SMILES string of the molecule is CC(C)C(=O)CC(=O)OCCc1ccc(F)cc1. The van der Waals surface area contributed by atoms with Gasteiger partial charge in [0.1, 0.15) is 18.0 Å². The first-order valence-corrected chi connectivity index (χ1v) is 5.92. The molecule has 0 aromatic heterocycles. The number of ketones is 1. The van der Waals surface area contributed by atoms with Crippen molar-refractivity contribution >= 4 is 11.8 Å². The van der Waals surface area contributed by atoms with E-state index in [1.807, 2.05) is 0 Å². The number of esters is 1. The second-order valence-corrected chi connectivity index (χ2v) is 4.39. The zero-order valence-corrected chi connectivity index (χ0v) is 10.6. The average Bonchev–Trinajstić information content (AvgIpc) is 2.31. The minimum absolute atomic E-state index is 0.123. The van der Waals surface area contributed by atoms with Crippen LogP contribution in [0.15, 0.2) is 24.3 Å². The van der Waals surface area contributed by atoms with Crippen molar-refractivity contribution in [1.82, 2.24) is 0 Å². The van der Waals surface area contributed by atoms with Gasteiger partial charge in [0.25, 0.3) is 0 Å². The molecule has 0 saturated heterocycles. The zero-order chi connectivity index (χ0) is 13.5. The zero-order valence-electron chi connectivity index (χ0n) is 10.6. The van der Waals surface area contributed by atoms with Crippen LogP contribution in [0.25, 0.3) is 0 Å². The molecule has 0 spiro atoms. The van der Waals surface area contributed by atoms with Crippen molar-refractivity contribution in [3.8, 4) is 0 Å². The Kier molecular flexibility index (Phi) is 5.49. The second kappa shape index (κ2) is 6.89. The molecule has 3 nitrogen and oxygen atoms in total. The average molecular weight is 252 g/mol. The van der Waals surface area contributed by atoms with E-state index in [0.29, 0.717) is 6.42 Å². The lowest BCUT2D eigenvalue weighted by Gasteiger charge is -2.06. The van der Waals surface area contributed by atoms with Gasteiger partial charge in [-0.3, -0.25) is 9.59 Å². The number of carbonyl (C=O) groups is 2. The Morgan fingerprint density at radius 3 is 2.39 bits per heavy atom. The summed E-state index contributed by atoms with van der Waals surface area (Å²) in [5, 5.41) is 0. The number of hydrogen-bond acceptors (Lipinski definition) is 3. The van der Waals surface area contributed by atoms with E-state index in [1.54, 1.807) is 26.0 Å². The van der Waals surface area contributed by atoms with Crippen molar-refractivity contribution in [3.05, 3.63) is 35.6 Å². The van der Waals surface area contributed by atoms with E-state index in [4.69, 9.17) is 4.74 Å². The number of carbonyl (C=O) groups excluding carboxylic acids is 2. The van der Waals surface area contributed by atoms with E-state index in [9.17, 15) is 14.0 Å². The van der Waals surface area contributed by atoms with E-state index in [0.717, 1.165) is 5.56 Å². The molecule has 0 radical (unpaired) electrons. The fourth-order valence-electron chi connectivity index (χ4n) is 1.33. The third-order valence-corrected chi connectivity index (χ3v) is 2.53. The van der Waals surface area contributed by atoms with Gasteiger partial charge < -0.3 is 4.74 Å². The Hall–Kier alpha value is -1.71. The first kappa shape index (κ1) is 14.4. The van der Waals surface area contributed by atoms with Crippen molar-refractivity contribution in [2.45, 2.75) is 26.7 Å². The summed E-state index contributed by atoms with van der Waals surface area (Å²) >= 11 is 0. The molecule has 1 aromatic carbocycles. The molecule has 18 heavy (non-hydrogen) atoms. The van der Waals surface area contributed by atoms with Crippen LogP contribution in [-0.2, 0) is 20.7 Å². The molecule has 0 atom stereocenters. The molecule has 0 aliphatic carbocycles. The van der Waals surface area contributed by atoms with Crippen LogP contribution in [0.3, 0.4) is 0 Å². The molecule has 0 N–H and O–H groups in total. The normalized spacial score (nSPS) is 10.4. The van der Waals surface area contributed by atoms with Crippen LogP contribution in [0.2, 0.25) is 0 Å². The van der Waals surface area contributed by atoms with Gasteiger partial charge in [0.15, 0.2) is 0 Å². The fraction of sp³-hybridized carbons (Fsp3) is 0.429. The molecule has 0 unspecified atom stereocenters. The van der Waals surface area contributed by atoms with Crippen LogP contribution < -0.4 is 0 Å². The van der Waals surface area contributed by atoms with Gasteiger partial charge in [0, 0.05) is 12.3 Å². The predicted molar refractivity (Wildman–Crippen MR) is 65.5 cm³/mol. The quantitative estimate of drug-likeness (QED) is 0.577. The smallest absolute Gasteiger partial charge is 0.313 e. The Morgan fingerprint density at radius 2 is 1.83 bits per heavy atom. The maximum Gasteiger partial charge on any atom is 0.313 e. The topological polar surface area (TPSA) is 43.4 Å². The van der Waals surface area contributed by atoms with Gasteiger partial charge in [0.2, 0.25) is 0 Å². The summed E-state index contributed by atoms with van der Waals surface area (Å²) in [6, 6.07) is 6.00. The number of ether oxygens (including phenoxy) is 1. The summed E-state index contributed by atoms with van der Waals surface area (Å²) < 4.78 is 17.6. The lowest BCUT2D eigenvalue weighted by molar-refractivity contribution is -0.146. The van der Waals surface area contributed by atoms with Crippen LogP contribution in [0.5, 0.6) is 0 Å². The van der Waals surface area contributed by atoms with Crippen molar-refractivity contribution in [2.75, 3.05) is 6.61 Å². The highest BCUT2D eigenvalue weighted by atomic mass is 19.1. The summed E-state index contributed by atoms with van der Waals surface area (Å²) in [5.74, 6) is -1.08. The maximum absolute atomic E-state index is 12.6. The van der Waals surface area contributed by atoms with E-state index < -0.39 is 5.97 Å². The third-order valence-electron chi connectivity index (χ3n) is 2.53. The molecule has 0 aliphatic rings. The molecule has 1 aromatic rings. The van der Waals surface area contributed by atoms with Crippen LogP contribution >= 0.6 is 0 Å². The molecule has 98 valence electrons. The Bertz CT molecular complexity index is 410. The predicted octanol–water partition coefficient (Wildman–Crippen LogP) is 2.53. The largest absolute Gasteiger partial charge is 0.465 e. The summed E-state index contributed by atoms with van der Waals surface area (Å²) in [6.07, 6.45) is 0.336. The van der Waals surface area contributed by atoms with Crippen molar-refractivity contribution in [3.63, 3.8) is 0 Å². The Morgan fingerprint density at radius 1 is 1.22 bits per heavy atom. The number of halogens is 1. The molecule has 0 amide bonds. The molecule has 0 heterocycles. The second-order valence-electron chi connectivity index (χ2n) is 4.39. The lowest BCUT2D eigenvalue weighted by atomic mass is 10.1. The third kappa shape index (κ3) is 5.08. The number of rotatable bonds is 6. The lowest BCUT2D eigenvalue weighted by Crippen LogP contribution is -2.16. The van der Waals surface area contributed by atoms with Crippen molar-refractivity contribution in [2.24, 2.45) is 5.92 Å². The minimum atomic E-state index is -0.504. The molecule has 0 saturated carbocycles. The Balaban J connectivity index is 2.27. The standard InChI is InChI=1S/C14H17FO3/c1-10(2)13(16)9-14(17)18-8-7-11-3-5-12(15)6-4-11/h3-6,10H,7-9H2,1-2H3. The maximum atomic E-state index is 12.6. The summed E-state index contributed by atoms with van der Waals surface area (Å²) in [5.41, 5.74) is 0.888. The van der Waals surface area contributed by atoms with E-state index >= 15 is 0 Å². The van der Waals surface area contributed by atoms with Gasteiger partial charge in [-0.15, -0.1) is 0 Å². The van der Waals surface area contributed by atoms with Gasteiger partial charge >= 0.3 is 5.97 Å². The van der Waals surface area contributed by atoms with Crippen LogP contribution in [0.4, 0.5) is 4.39 Å². The van der Waals surface area contributed by atoms with Crippen LogP contribution in [0, 0.1) is 11.7 Å². The fourth-order valence-corrected chi connectivity index (χ4v) is 1.33. The highest BCUT2D eigenvalue weighted by molar-refractivity contribution is 5.96. The first-order chi connectivity index (χ1) is 8.49. The summed E-state index contributed by atoms with van der Waals surface area (Å²) in [4.78, 5) is 22.6. The monoisotopic (exact) mass is 252 g/mol. The molecule has 0 aliphatic heterocycles. The first-order valence-electron chi connectivity index (χ1n) is 5.92.